The largest absolute Gasteiger partial charge is 0.389 e. The maximum Gasteiger partial charge on any atom is 0.138 e. The molecule has 1 aromatic heterocycles. The first-order valence-electron chi connectivity index (χ1n) is 5.42. The van der Waals surface area contributed by atoms with Gasteiger partial charge in [-0.1, -0.05) is 26.1 Å². The lowest BCUT2D eigenvalue weighted by molar-refractivity contribution is 0.502. The van der Waals surface area contributed by atoms with Crippen LogP contribution < -0.4 is 10.6 Å². The van der Waals surface area contributed by atoms with Crippen LogP contribution in [0.3, 0.4) is 0 Å². The minimum Gasteiger partial charge on any atom is -0.389 e. The average Bonchev–Trinajstić information content (AvgIpc) is 2.26. The van der Waals surface area contributed by atoms with Crippen molar-refractivity contribution in [2.75, 3.05) is 11.9 Å². The van der Waals surface area contributed by atoms with Crippen LogP contribution in [0.25, 0.3) is 0 Å². The predicted octanol–water partition coefficient (Wildman–Crippen LogP) is 2.20. The Kier molecular flexibility index (Phi) is 4.24. The number of nitrogens with zero attached hydrogens (tertiary/aromatic N) is 2. The minimum absolute atomic E-state index is 0.392. The monoisotopic (exact) mass is 237 g/mol. The Morgan fingerprint density at radius 3 is 2.56 bits per heavy atom. The molecule has 0 saturated carbocycles. The average molecular weight is 237 g/mol. The van der Waals surface area contributed by atoms with Crippen LogP contribution in [-0.2, 0) is 0 Å². The topological polar surface area (TPSA) is 42.2 Å². The van der Waals surface area contributed by atoms with Crippen molar-refractivity contribution in [3.63, 3.8) is 0 Å². The van der Waals surface area contributed by atoms with E-state index in [1.54, 1.807) is 6.20 Å². The summed E-state index contributed by atoms with van der Waals surface area (Å²) < 4.78 is 0. The van der Waals surface area contributed by atoms with Crippen LogP contribution >= 0.6 is 12.2 Å². The third kappa shape index (κ3) is 2.70. The van der Waals surface area contributed by atoms with Crippen LogP contribution in [0.15, 0.2) is 18.3 Å². The number of anilines is 1. The third-order valence-electron chi connectivity index (χ3n) is 2.96. The van der Waals surface area contributed by atoms with Gasteiger partial charge in [-0.3, -0.25) is 0 Å². The van der Waals surface area contributed by atoms with Gasteiger partial charge in [0.1, 0.15) is 10.8 Å². The molecule has 2 N–H and O–H groups in total. The van der Waals surface area contributed by atoms with Gasteiger partial charge in [0.25, 0.3) is 0 Å². The van der Waals surface area contributed by atoms with Gasteiger partial charge in [0.2, 0.25) is 0 Å². The molecule has 1 unspecified atom stereocenters. The summed E-state index contributed by atoms with van der Waals surface area (Å²) in [6, 6.07) is 4.16. The Morgan fingerprint density at radius 1 is 1.44 bits per heavy atom. The molecule has 0 aliphatic heterocycles. The summed E-state index contributed by atoms with van der Waals surface area (Å²) in [5.74, 6) is 1.41. The molecule has 1 rings (SSSR count). The van der Waals surface area contributed by atoms with E-state index in [2.05, 4.69) is 30.7 Å². The molecule has 0 aromatic carbocycles. The lowest BCUT2D eigenvalue weighted by Gasteiger charge is -2.30. The van der Waals surface area contributed by atoms with Crippen molar-refractivity contribution in [1.82, 2.24) is 4.98 Å². The molecular weight excluding hydrogens is 218 g/mol. The van der Waals surface area contributed by atoms with Crippen molar-refractivity contribution in [3.05, 3.63) is 23.9 Å². The lowest BCUT2D eigenvalue weighted by Crippen LogP contribution is -2.35. The molecule has 88 valence electrons. The van der Waals surface area contributed by atoms with E-state index in [0.29, 0.717) is 16.9 Å². The highest BCUT2D eigenvalue weighted by molar-refractivity contribution is 7.80. The Morgan fingerprint density at radius 2 is 2.06 bits per heavy atom. The highest BCUT2D eigenvalue weighted by Gasteiger charge is 2.18. The molecule has 0 spiro atoms. The number of nitrogens with two attached hydrogens (primary N) is 1. The van der Waals surface area contributed by atoms with Crippen LogP contribution in [0, 0.1) is 5.92 Å². The molecule has 1 aromatic rings. The van der Waals surface area contributed by atoms with E-state index in [-0.39, 0.29) is 0 Å². The zero-order chi connectivity index (χ0) is 12.3. The van der Waals surface area contributed by atoms with Gasteiger partial charge in [0, 0.05) is 19.3 Å². The number of hydrogen-bond acceptors (Lipinski definition) is 3. The lowest BCUT2D eigenvalue weighted by atomic mass is 10.0. The Hall–Kier alpha value is -1.16. The van der Waals surface area contributed by atoms with Crippen molar-refractivity contribution in [3.8, 4) is 0 Å². The van der Waals surface area contributed by atoms with Crippen LogP contribution in [0.1, 0.15) is 26.3 Å². The first-order valence-corrected chi connectivity index (χ1v) is 5.83. The Bertz CT molecular complexity index is 376. The molecule has 0 fully saturated rings. The van der Waals surface area contributed by atoms with Crippen LogP contribution in [-0.4, -0.2) is 23.1 Å². The fourth-order valence-corrected chi connectivity index (χ4v) is 1.67. The molecule has 0 aliphatic carbocycles. The summed E-state index contributed by atoms with van der Waals surface area (Å²) in [5, 5.41) is 0. The molecule has 3 nitrogen and oxygen atoms in total. The summed E-state index contributed by atoms with van der Waals surface area (Å²) in [5.41, 5.74) is 6.53. The molecule has 0 saturated heterocycles. The Labute approximate surface area is 103 Å². The van der Waals surface area contributed by atoms with Crippen LogP contribution in [0.2, 0.25) is 0 Å². The molecule has 1 atom stereocenters. The van der Waals surface area contributed by atoms with Gasteiger partial charge in [-0.2, -0.15) is 0 Å². The number of rotatable bonds is 4. The van der Waals surface area contributed by atoms with Gasteiger partial charge in [0.05, 0.1) is 5.56 Å². The van der Waals surface area contributed by atoms with E-state index in [0.717, 1.165) is 11.4 Å². The molecule has 4 heteroatoms. The van der Waals surface area contributed by atoms with Gasteiger partial charge < -0.3 is 10.6 Å². The Balaban J connectivity index is 3.08. The number of thiocarbonyl (C=S) groups is 1. The summed E-state index contributed by atoms with van der Waals surface area (Å²) in [6.07, 6.45) is 1.76. The normalized spacial score (nSPS) is 12.6. The summed E-state index contributed by atoms with van der Waals surface area (Å²) in [7, 11) is 2.02. The highest BCUT2D eigenvalue weighted by atomic mass is 32.1. The van der Waals surface area contributed by atoms with Gasteiger partial charge in [0.15, 0.2) is 0 Å². The van der Waals surface area contributed by atoms with Crippen molar-refractivity contribution < 1.29 is 0 Å². The van der Waals surface area contributed by atoms with Gasteiger partial charge in [-0.05, 0) is 25.0 Å². The van der Waals surface area contributed by atoms with Crippen molar-refractivity contribution in [1.29, 1.82) is 0 Å². The number of hydrogen-bond donors (Lipinski definition) is 1. The first kappa shape index (κ1) is 12.9. The smallest absolute Gasteiger partial charge is 0.138 e. The van der Waals surface area contributed by atoms with Crippen LogP contribution in [0.4, 0.5) is 5.82 Å². The minimum atomic E-state index is 0.392. The second-order valence-corrected chi connectivity index (χ2v) is 4.77. The standard InChI is InChI=1S/C12H19N3S/c1-8(2)9(3)15(4)12-10(11(13)16)6-5-7-14-12/h5-9H,1-4H3,(H2,13,16). The molecule has 16 heavy (non-hydrogen) atoms. The first-order chi connectivity index (χ1) is 7.45. The van der Waals surface area contributed by atoms with E-state index in [4.69, 9.17) is 18.0 Å². The molecule has 0 radical (unpaired) electrons. The zero-order valence-electron chi connectivity index (χ0n) is 10.3. The van der Waals surface area contributed by atoms with Gasteiger partial charge in [-0.15, -0.1) is 0 Å². The molecule has 0 amide bonds. The molecule has 0 aliphatic rings. The summed E-state index contributed by atoms with van der Waals surface area (Å²) in [6.45, 7) is 6.54. The highest BCUT2D eigenvalue weighted by Crippen LogP contribution is 2.20. The second-order valence-electron chi connectivity index (χ2n) is 4.33. The van der Waals surface area contributed by atoms with E-state index >= 15 is 0 Å². The van der Waals surface area contributed by atoms with Gasteiger partial charge in [-0.25, -0.2) is 4.98 Å². The quantitative estimate of drug-likeness (QED) is 0.815. The fourth-order valence-electron chi connectivity index (χ4n) is 1.51. The predicted molar refractivity (Wildman–Crippen MR) is 72.8 cm³/mol. The van der Waals surface area contributed by atoms with Crippen LogP contribution in [0.5, 0.6) is 0 Å². The number of aromatic nitrogens is 1. The van der Waals surface area contributed by atoms with Crippen molar-refractivity contribution in [2.24, 2.45) is 11.7 Å². The third-order valence-corrected chi connectivity index (χ3v) is 3.18. The molecule has 1 heterocycles. The van der Waals surface area contributed by atoms with E-state index in [9.17, 15) is 0 Å². The maximum atomic E-state index is 5.69. The van der Waals surface area contributed by atoms with Crippen molar-refractivity contribution in [2.45, 2.75) is 26.8 Å². The van der Waals surface area contributed by atoms with E-state index in [1.807, 2.05) is 19.2 Å². The van der Waals surface area contributed by atoms with Crippen molar-refractivity contribution >= 4 is 23.0 Å². The summed E-state index contributed by atoms with van der Waals surface area (Å²) in [4.78, 5) is 6.88. The van der Waals surface area contributed by atoms with E-state index in [1.165, 1.54) is 0 Å². The number of pyridine rings is 1. The maximum absolute atomic E-state index is 5.69. The molecule has 0 bridgehead atoms. The van der Waals surface area contributed by atoms with E-state index < -0.39 is 0 Å². The fraction of sp³-hybridized carbons (Fsp3) is 0.500. The second kappa shape index (κ2) is 5.25. The zero-order valence-corrected chi connectivity index (χ0v) is 11.1. The van der Waals surface area contributed by atoms with Gasteiger partial charge >= 0.3 is 0 Å². The SMILES string of the molecule is CC(C)C(C)N(C)c1ncccc1C(N)=S. The molecular formula is C12H19N3S. The summed E-state index contributed by atoms with van der Waals surface area (Å²) >= 11 is 5.03.